The fourth-order valence-corrected chi connectivity index (χ4v) is 6.14. The maximum absolute atomic E-state index is 13.3. The second kappa shape index (κ2) is 11.0. The third-order valence-corrected chi connectivity index (χ3v) is 9.04. The molecule has 7 rings (SSSR count). The number of benzene rings is 1. The zero-order valence-electron chi connectivity index (χ0n) is 24.3. The van der Waals surface area contributed by atoms with E-state index in [1.54, 1.807) is 17.4 Å². The number of nitrogens with zero attached hydrogens (tertiary/aromatic N) is 5. The van der Waals surface area contributed by atoms with Crippen molar-refractivity contribution in [1.82, 2.24) is 29.7 Å². The van der Waals surface area contributed by atoms with E-state index < -0.39 is 17.7 Å². The Balaban J connectivity index is 1.28. The number of ether oxygens (including phenoxy) is 2. The third-order valence-electron chi connectivity index (χ3n) is 8.81. The summed E-state index contributed by atoms with van der Waals surface area (Å²) in [6.45, 7) is 4.40. The van der Waals surface area contributed by atoms with Gasteiger partial charge in [-0.1, -0.05) is 23.7 Å². The number of imidazole rings is 1. The minimum atomic E-state index is -0.569. The van der Waals surface area contributed by atoms with Crippen molar-refractivity contribution in [1.29, 1.82) is 0 Å². The van der Waals surface area contributed by atoms with Gasteiger partial charge in [0.25, 0.3) is 0 Å². The SMILES string of the molecule is Cn1cncc1C(NC(=O)OC1(C)CC1)C1=Cc2cccnc2C(N2CCN(C(=O)OC3CC3)CC2)c2ccc(Cl)cc21. The number of halogens is 1. The molecule has 2 saturated carbocycles. The van der Waals surface area contributed by atoms with Gasteiger partial charge < -0.3 is 24.3 Å². The summed E-state index contributed by atoms with van der Waals surface area (Å²) in [5.41, 5.74) is 5.04. The molecule has 1 aliphatic heterocycles. The van der Waals surface area contributed by atoms with Crippen LogP contribution in [0.3, 0.4) is 0 Å². The summed E-state index contributed by atoms with van der Waals surface area (Å²) in [5, 5.41) is 3.74. The minimum absolute atomic E-state index is 0.0787. The van der Waals surface area contributed by atoms with Crippen LogP contribution in [-0.4, -0.2) is 74.4 Å². The Morgan fingerprint density at radius 3 is 2.63 bits per heavy atom. The molecule has 1 aromatic carbocycles. The number of aromatic nitrogens is 3. The summed E-state index contributed by atoms with van der Waals surface area (Å²) in [4.78, 5) is 39.3. The van der Waals surface area contributed by atoms with E-state index in [1.165, 1.54) is 0 Å². The highest BCUT2D eigenvalue weighted by Crippen LogP contribution is 2.45. The number of hydrogen-bond acceptors (Lipinski definition) is 7. The zero-order chi connectivity index (χ0) is 29.7. The molecule has 43 heavy (non-hydrogen) atoms. The smallest absolute Gasteiger partial charge is 0.410 e. The van der Waals surface area contributed by atoms with Gasteiger partial charge in [-0.25, -0.2) is 14.6 Å². The number of piperazine rings is 1. The number of fused-ring (bicyclic) bond motifs is 2. The number of rotatable bonds is 6. The van der Waals surface area contributed by atoms with E-state index in [2.05, 4.69) is 33.4 Å². The molecule has 1 N–H and O–H groups in total. The first-order chi connectivity index (χ1) is 20.8. The Morgan fingerprint density at radius 1 is 1.14 bits per heavy atom. The Bertz CT molecular complexity index is 1590. The van der Waals surface area contributed by atoms with Gasteiger partial charge in [-0.2, -0.15) is 0 Å². The van der Waals surface area contributed by atoms with Crippen molar-refractivity contribution >= 4 is 35.4 Å². The van der Waals surface area contributed by atoms with Crippen molar-refractivity contribution in [3.63, 3.8) is 0 Å². The normalized spacial score (nSPS) is 21.5. The van der Waals surface area contributed by atoms with Crippen LogP contribution in [0.1, 0.15) is 72.8 Å². The Kier molecular flexibility index (Phi) is 7.13. The van der Waals surface area contributed by atoms with Crippen LogP contribution in [0.15, 0.2) is 49.1 Å². The average Bonchev–Trinajstić information content (AvgIpc) is 3.92. The van der Waals surface area contributed by atoms with E-state index in [1.807, 2.05) is 42.9 Å². The van der Waals surface area contributed by atoms with E-state index >= 15 is 0 Å². The van der Waals surface area contributed by atoms with Gasteiger partial charge in [0.2, 0.25) is 0 Å². The van der Waals surface area contributed by atoms with E-state index in [-0.39, 0.29) is 18.2 Å². The largest absolute Gasteiger partial charge is 0.446 e. The predicted octanol–water partition coefficient (Wildman–Crippen LogP) is 5.35. The molecule has 224 valence electrons. The lowest BCUT2D eigenvalue weighted by Crippen LogP contribution is -2.50. The monoisotopic (exact) mass is 602 g/mol. The van der Waals surface area contributed by atoms with Gasteiger partial charge in [0, 0.05) is 44.4 Å². The molecule has 3 aliphatic carbocycles. The van der Waals surface area contributed by atoms with Crippen molar-refractivity contribution in [3.05, 3.63) is 82.2 Å². The van der Waals surface area contributed by atoms with Crippen LogP contribution in [0, 0.1) is 0 Å². The van der Waals surface area contributed by atoms with Gasteiger partial charge in [0.15, 0.2) is 0 Å². The summed E-state index contributed by atoms with van der Waals surface area (Å²) < 4.78 is 13.3. The lowest BCUT2D eigenvalue weighted by atomic mass is 9.90. The molecular weight excluding hydrogens is 568 g/mol. The highest BCUT2D eigenvalue weighted by Gasteiger charge is 2.43. The first-order valence-electron chi connectivity index (χ1n) is 14.9. The quantitative estimate of drug-likeness (QED) is 0.406. The predicted molar refractivity (Wildman–Crippen MR) is 161 cm³/mol. The molecule has 10 nitrogen and oxygen atoms in total. The average molecular weight is 603 g/mol. The zero-order valence-corrected chi connectivity index (χ0v) is 25.1. The van der Waals surface area contributed by atoms with E-state index in [4.69, 9.17) is 26.1 Å². The summed E-state index contributed by atoms with van der Waals surface area (Å²) in [6.07, 6.45) is 10.4. The van der Waals surface area contributed by atoms with Crippen molar-refractivity contribution in [2.75, 3.05) is 26.2 Å². The fraction of sp³-hybridized carbons (Fsp3) is 0.438. The number of pyridine rings is 1. The van der Waals surface area contributed by atoms with E-state index in [9.17, 15) is 9.59 Å². The number of alkyl carbamates (subject to hydrolysis) is 1. The summed E-state index contributed by atoms with van der Waals surface area (Å²) >= 11 is 6.66. The van der Waals surface area contributed by atoms with Gasteiger partial charge in [0.05, 0.1) is 36.0 Å². The van der Waals surface area contributed by atoms with E-state index in [0.29, 0.717) is 31.2 Å². The maximum Gasteiger partial charge on any atom is 0.410 e. The van der Waals surface area contributed by atoms with Crippen LogP contribution in [0.5, 0.6) is 0 Å². The Morgan fingerprint density at radius 2 is 1.93 bits per heavy atom. The highest BCUT2D eigenvalue weighted by molar-refractivity contribution is 6.30. The van der Waals surface area contributed by atoms with Gasteiger partial charge in [-0.05, 0) is 79.1 Å². The third kappa shape index (κ3) is 5.73. The van der Waals surface area contributed by atoms with Crippen LogP contribution in [0.25, 0.3) is 11.6 Å². The summed E-state index contributed by atoms with van der Waals surface area (Å²) in [7, 11) is 1.91. The molecule has 3 heterocycles. The molecule has 2 unspecified atom stereocenters. The number of carbonyl (C=O) groups is 2. The van der Waals surface area contributed by atoms with Crippen LogP contribution < -0.4 is 5.32 Å². The molecule has 0 bridgehead atoms. The minimum Gasteiger partial charge on any atom is -0.446 e. The molecule has 1 saturated heterocycles. The summed E-state index contributed by atoms with van der Waals surface area (Å²) in [5.74, 6) is 0. The van der Waals surface area contributed by atoms with Crippen molar-refractivity contribution in [2.45, 2.75) is 56.4 Å². The number of carbonyl (C=O) groups excluding carboxylic acids is 2. The molecule has 2 aromatic heterocycles. The van der Waals surface area contributed by atoms with Crippen LogP contribution in [0.2, 0.25) is 5.02 Å². The van der Waals surface area contributed by atoms with Crippen LogP contribution in [-0.2, 0) is 16.5 Å². The Hall–Kier alpha value is -3.89. The molecule has 2 atom stereocenters. The van der Waals surface area contributed by atoms with Crippen LogP contribution in [0.4, 0.5) is 9.59 Å². The molecule has 0 radical (unpaired) electrons. The lowest BCUT2D eigenvalue weighted by molar-refractivity contribution is 0.0638. The highest BCUT2D eigenvalue weighted by atomic mass is 35.5. The molecule has 4 aliphatic rings. The Labute approximate surface area is 255 Å². The first-order valence-corrected chi connectivity index (χ1v) is 15.3. The molecular formula is C32H35ClN6O4. The van der Waals surface area contributed by atoms with Crippen molar-refractivity contribution in [2.24, 2.45) is 7.05 Å². The maximum atomic E-state index is 13.3. The topological polar surface area (TPSA) is 102 Å². The number of amides is 2. The number of hydrogen-bond donors (Lipinski definition) is 1. The van der Waals surface area contributed by atoms with Crippen molar-refractivity contribution in [3.8, 4) is 0 Å². The van der Waals surface area contributed by atoms with E-state index in [0.717, 1.165) is 59.3 Å². The second-order valence-electron chi connectivity index (χ2n) is 12.2. The molecule has 2 amide bonds. The molecule has 11 heteroatoms. The molecule has 3 aromatic rings. The standard InChI is InChI=1S/C32H35ClN6O4/c1-32(9-10-32)43-30(40)36-28(26-18-34-19-37(26)2)25-16-20-4-3-11-35-27(20)29(23-8-5-21(33)17-24(23)25)38-12-14-39(15-13-38)31(41)42-22-6-7-22/h3-5,8,11,16-19,22,28-29H,6-7,9-10,12-15H2,1-2H3,(H,36,40). The second-order valence-corrected chi connectivity index (χ2v) is 12.6. The number of nitrogens with one attached hydrogen (secondary N) is 1. The van der Waals surface area contributed by atoms with Crippen LogP contribution >= 0.6 is 11.6 Å². The first kappa shape index (κ1) is 27.9. The van der Waals surface area contributed by atoms with Gasteiger partial charge in [-0.15, -0.1) is 0 Å². The summed E-state index contributed by atoms with van der Waals surface area (Å²) in [6, 6.07) is 9.13. The molecule has 0 spiro atoms. The van der Waals surface area contributed by atoms with Gasteiger partial charge in [0.1, 0.15) is 11.7 Å². The molecule has 3 fully saturated rings. The van der Waals surface area contributed by atoms with Gasteiger partial charge in [-0.3, -0.25) is 9.88 Å². The fourth-order valence-electron chi connectivity index (χ4n) is 5.97. The van der Waals surface area contributed by atoms with Gasteiger partial charge >= 0.3 is 12.2 Å². The van der Waals surface area contributed by atoms with Crippen molar-refractivity contribution < 1.29 is 19.1 Å². The number of aryl methyl sites for hydroxylation is 1. The lowest BCUT2D eigenvalue weighted by Gasteiger charge is -2.39.